The first-order valence-electron chi connectivity index (χ1n) is 8.41. The highest BCUT2D eigenvalue weighted by Gasteiger charge is 2.22. The van der Waals surface area contributed by atoms with Crippen LogP contribution in [0, 0.1) is 0 Å². The van der Waals surface area contributed by atoms with Gasteiger partial charge in [-0.25, -0.2) is 0 Å². The number of benzene rings is 2. The van der Waals surface area contributed by atoms with Crippen LogP contribution in [0.3, 0.4) is 0 Å². The average molecular weight is 382 g/mol. The summed E-state index contributed by atoms with van der Waals surface area (Å²) in [7, 11) is 0. The zero-order valence-electron chi connectivity index (χ0n) is 13.5. The van der Waals surface area contributed by atoms with E-state index >= 15 is 0 Å². The Morgan fingerprint density at radius 3 is 2.67 bits per heavy atom. The van der Waals surface area contributed by atoms with E-state index in [0.717, 1.165) is 42.6 Å². The number of halogens is 1. The molecule has 122 valence electrons. The molecule has 2 heterocycles. The standard InChI is InChI=1S/C20H20BrN3/c21-18-9-5-4-8-16(18)20-17-14-22-12-10-19(17)24(23-20)13-11-15-6-2-1-3-7-15/h1-9,22H,10-14H2. The van der Waals surface area contributed by atoms with E-state index in [0.29, 0.717) is 0 Å². The highest BCUT2D eigenvalue weighted by atomic mass is 79.9. The van der Waals surface area contributed by atoms with Crippen LogP contribution in [0.1, 0.15) is 16.8 Å². The maximum atomic E-state index is 4.98. The molecule has 3 nitrogen and oxygen atoms in total. The summed E-state index contributed by atoms with van der Waals surface area (Å²) < 4.78 is 3.32. The zero-order valence-corrected chi connectivity index (χ0v) is 15.1. The number of rotatable bonds is 4. The highest BCUT2D eigenvalue weighted by molar-refractivity contribution is 9.10. The Labute approximate surface area is 150 Å². The number of fused-ring (bicyclic) bond motifs is 1. The van der Waals surface area contributed by atoms with E-state index in [1.165, 1.54) is 22.4 Å². The molecule has 4 rings (SSSR count). The molecular formula is C20H20BrN3. The van der Waals surface area contributed by atoms with Gasteiger partial charge in [-0.2, -0.15) is 5.10 Å². The van der Waals surface area contributed by atoms with Gasteiger partial charge in [-0.1, -0.05) is 64.5 Å². The van der Waals surface area contributed by atoms with E-state index in [9.17, 15) is 0 Å². The Hall–Kier alpha value is -1.91. The summed E-state index contributed by atoms with van der Waals surface area (Å²) in [6.07, 6.45) is 2.05. The lowest BCUT2D eigenvalue weighted by Crippen LogP contribution is -2.25. The number of aromatic nitrogens is 2. The molecule has 0 aliphatic carbocycles. The predicted octanol–water partition coefficient (Wildman–Crippen LogP) is 4.20. The van der Waals surface area contributed by atoms with Crippen LogP contribution in [-0.4, -0.2) is 16.3 Å². The fraction of sp³-hybridized carbons (Fsp3) is 0.250. The van der Waals surface area contributed by atoms with E-state index in [-0.39, 0.29) is 0 Å². The van der Waals surface area contributed by atoms with Crippen molar-refractivity contribution < 1.29 is 0 Å². The second kappa shape index (κ2) is 6.91. The molecule has 2 aromatic carbocycles. The summed E-state index contributed by atoms with van der Waals surface area (Å²) in [6, 6.07) is 19.0. The second-order valence-electron chi connectivity index (χ2n) is 6.14. The van der Waals surface area contributed by atoms with Gasteiger partial charge in [0, 0.05) is 47.3 Å². The van der Waals surface area contributed by atoms with Gasteiger partial charge in [-0.3, -0.25) is 4.68 Å². The van der Waals surface area contributed by atoms with Gasteiger partial charge in [0.1, 0.15) is 0 Å². The SMILES string of the molecule is Brc1ccccc1-c1nn(CCc2ccccc2)c2c1CNCC2. The summed E-state index contributed by atoms with van der Waals surface area (Å²) in [5.74, 6) is 0. The Morgan fingerprint density at radius 2 is 1.83 bits per heavy atom. The van der Waals surface area contributed by atoms with Crippen molar-refractivity contribution >= 4 is 15.9 Å². The smallest absolute Gasteiger partial charge is 0.0982 e. The van der Waals surface area contributed by atoms with Crippen LogP contribution in [-0.2, 0) is 25.9 Å². The van der Waals surface area contributed by atoms with Crippen molar-refractivity contribution in [2.45, 2.75) is 25.9 Å². The molecule has 0 saturated carbocycles. The van der Waals surface area contributed by atoms with Crippen molar-refractivity contribution in [3.63, 3.8) is 0 Å². The molecule has 0 atom stereocenters. The lowest BCUT2D eigenvalue weighted by molar-refractivity contribution is 0.551. The number of hydrogen-bond acceptors (Lipinski definition) is 2. The van der Waals surface area contributed by atoms with Gasteiger partial charge >= 0.3 is 0 Å². The van der Waals surface area contributed by atoms with Gasteiger partial charge < -0.3 is 5.32 Å². The first-order chi connectivity index (χ1) is 11.8. The van der Waals surface area contributed by atoms with Crippen molar-refractivity contribution in [3.8, 4) is 11.3 Å². The van der Waals surface area contributed by atoms with E-state index < -0.39 is 0 Å². The van der Waals surface area contributed by atoms with E-state index in [1.807, 2.05) is 6.07 Å². The van der Waals surface area contributed by atoms with Gasteiger partial charge in [-0.05, 0) is 18.1 Å². The number of hydrogen-bond donors (Lipinski definition) is 1. The molecule has 0 bridgehead atoms. The van der Waals surface area contributed by atoms with Crippen LogP contribution in [0.5, 0.6) is 0 Å². The Balaban J connectivity index is 1.69. The fourth-order valence-corrected chi connectivity index (χ4v) is 3.83. The largest absolute Gasteiger partial charge is 0.312 e. The molecule has 0 saturated heterocycles. The summed E-state index contributed by atoms with van der Waals surface area (Å²) in [5.41, 5.74) is 6.38. The third kappa shape index (κ3) is 3.04. The van der Waals surface area contributed by atoms with Crippen LogP contribution in [0.4, 0.5) is 0 Å². The molecule has 1 aliphatic rings. The molecular weight excluding hydrogens is 362 g/mol. The Morgan fingerprint density at radius 1 is 1.04 bits per heavy atom. The predicted molar refractivity (Wildman–Crippen MR) is 101 cm³/mol. The summed E-state index contributed by atoms with van der Waals surface area (Å²) >= 11 is 3.68. The quantitative estimate of drug-likeness (QED) is 0.733. The van der Waals surface area contributed by atoms with Crippen LogP contribution in [0.15, 0.2) is 59.1 Å². The molecule has 1 aromatic heterocycles. The summed E-state index contributed by atoms with van der Waals surface area (Å²) in [5, 5.41) is 8.47. The summed E-state index contributed by atoms with van der Waals surface area (Å²) in [4.78, 5) is 0. The van der Waals surface area contributed by atoms with Gasteiger partial charge in [0.2, 0.25) is 0 Å². The molecule has 24 heavy (non-hydrogen) atoms. The third-order valence-corrected chi connectivity index (χ3v) is 5.28. The molecule has 4 heteroatoms. The second-order valence-corrected chi connectivity index (χ2v) is 6.99. The number of nitrogens with zero attached hydrogens (tertiary/aromatic N) is 2. The van der Waals surface area contributed by atoms with Crippen LogP contribution < -0.4 is 5.32 Å². The van der Waals surface area contributed by atoms with Crippen molar-refractivity contribution in [1.82, 2.24) is 15.1 Å². The van der Waals surface area contributed by atoms with Gasteiger partial charge in [0.25, 0.3) is 0 Å². The van der Waals surface area contributed by atoms with Crippen LogP contribution in [0.2, 0.25) is 0 Å². The maximum Gasteiger partial charge on any atom is 0.0982 e. The van der Waals surface area contributed by atoms with Crippen molar-refractivity contribution in [1.29, 1.82) is 0 Å². The number of aryl methyl sites for hydroxylation is 2. The van der Waals surface area contributed by atoms with Gasteiger partial charge in [-0.15, -0.1) is 0 Å². The Bertz CT molecular complexity index is 839. The van der Waals surface area contributed by atoms with Crippen molar-refractivity contribution in [3.05, 3.63) is 75.9 Å². The minimum atomic E-state index is 0.900. The molecule has 1 aliphatic heterocycles. The molecule has 0 fully saturated rings. The first kappa shape index (κ1) is 15.6. The monoisotopic (exact) mass is 381 g/mol. The van der Waals surface area contributed by atoms with Crippen LogP contribution >= 0.6 is 15.9 Å². The fourth-order valence-electron chi connectivity index (χ4n) is 3.35. The lowest BCUT2D eigenvalue weighted by Gasteiger charge is -2.16. The molecule has 0 unspecified atom stereocenters. The first-order valence-corrected chi connectivity index (χ1v) is 9.20. The van der Waals surface area contributed by atoms with Crippen molar-refractivity contribution in [2.24, 2.45) is 0 Å². The zero-order chi connectivity index (χ0) is 16.4. The molecule has 1 N–H and O–H groups in total. The molecule has 3 aromatic rings. The Kier molecular flexibility index (Phi) is 4.50. The third-order valence-electron chi connectivity index (χ3n) is 4.59. The maximum absolute atomic E-state index is 4.98. The molecule has 0 spiro atoms. The van der Waals surface area contributed by atoms with Crippen molar-refractivity contribution in [2.75, 3.05) is 6.54 Å². The minimum Gasteiger partial charge on any atom is -0.312 e. The molecule has 0 amide bonds. The van der Waals surface area contributed by atoms with Gasteiger partial charge in [0.05, 0.1) is 5.69 Å². The summed E-state index contributed by atoms with van der Waals surface area (Å²) in [6.45, 7) is 2.85. The topological polar surface area (TPSA) is 29.9 Å². The van der Waals surface area contributed by atoms with E-state index in [4.69, 9.17) is 5.10 Å². The lowest BCUT2D eigenvalue weighted by atomic mass is 10.0. The van der Waals surface area contributed by atoms with Crippen LogP contribution in [0.25, 0.3) is 11.3 Å². The number of nitrogens with one attached hydrogen (secondary N) is 1. The van der Waals surface area contributed by atoms with Gasteiger partial charge in [0.15, 0.2) is 0 Å². The van der Waals surface area contributed by atoms with E-state index in [2.05, 4.69) is 74.5 Å². The molecule has 0 radical (unpaired) electrons. The van der Waals surface area contributed by atoms with E-state index in [1.54, 1.807) is 0 Å². The highest BCUT2D eigenvalue weighted by Crippen LogP contribution is 2.32. The minimum absolute atomic E-state index is 0.900. The normalized spacial score (nSPS) is 13.7. The average Bonchev–Trinajstić information content (AvgIpc) is 3.00.